The van der Waals surface area contributed by atoms with Gasteiger partial charge in [-0.2, -0.15) is 4.31 Å². The van der Waals surface area contributed by atoms with Crippen LogP contribution in [0, 0.1) is 13.8 Å². The Bertz CT molecular complexity index is 531. The molecule has 0 saturated carbocycles. The summed E-state index contributed by atoms with van der Waals surface area (Å²) in [5, 5.41) is 9.43. The van der Waals surface area contributed by atoms with Crippen LogP contribution in [0.5, 0.6) is 0 Å². The molecule has 0 unspecified atom stereocenters. The number of sulfonamides is 1. The third kappa shape index (κ3) is 2.58. The quantitative estimate of drug-likeness (QED) is 0.884. The van der Waals surface area contributed by atoms with Crippen molar-refractivity contribution in [3.05, 3.63) is 29.3 Å². The van der Waals surface area contributed by atoms with Crippen LogP contribution in [0.2, 0.25) is 0 Å². The van der Waals surface area contributed by atoms with Crippen molar-refractivity contribution in [2.45, 2.75) is 37.7 Å². The zero-order chi connectivity index (χ0) is 13.3. The Balaban J connectivity index is 2.30. The minimum Gasteiger partial charge on any atom is -0.393 e. The minimum atomic E-state index is -3.41. The van der Waals surface area contributed by atoms with Gasteiger partial charge in [0.25, 0.3) is 0 Å². The number of hydrogen-bond donors (Lipinski definition) is 1. The van der Waals surface area contributed by atoms with Gasteiger partial charge in [0.1, 0.15) is 0 Å². The van der Waals surface area contributed by atoms with Gasteiger partial charge in [-0.1, -0.05) is 17.7 Å². The van der Waals surface area contributed by atoms with E-state index in [1.54, 1.807) is 6.07 Å². The Kier molecular flexibility index (Phi) is 3.75. The number of aliphatic hydroxyl groups is 1. The normalized spacial score (nSPS) is 19.1. The maximum atomic E-state index is 12.5. The first-order chi connectivity index (χ1) is 8.41. The lowest BCUT2D eigenvalue weighted by Gasteiger charge is -2.29. The summed E-state index contributed by atoms with van der Waals surface area (Å²) in [5.74, 6) is 0. The molecule has 0 spiro atoms. The smallest absolute Gasteiger partial charge is 0.243 e. The number of nitrogens with zero attached hydrogens (tertiary/aromatic N) is 1. The maximum absolute atomic E-state index is 12.5. The van der Waals surface area contributed by atoms with E-state index in [2.05, 4.69) is 0 Å². The summed E-state index contributed by atoms with van der Waals surface area (Å²) in [7, 11) is -3.41. The van der Waals surface area contributed by atoms with Crippen LogP contribution in [-0.4, -0.2) is 37.0 Å². The fraction of sp³-hybridized carbons (Fsp3) is 0.538. The molecule has 1 aromatic rings. The first-order valence-corrected chi connectivity index (χ1v) is 7.61. The van der Waals surface area contributed by atoms with Gasteiger partial charge in [-0.25, -0.2) is 8.42 Å². The lowest BCUT2D eigenvalue weighted by Crippen LogP contribution is -2.40. The molecule has 0 radical (unpaired) electrons. The topological polar surface area (TPSA) is 57.6 Å². The molecule has 0 atom stereocenters. The number of rotatable bonds is 2. The molecule has 0 bridgehead atoms. The van der Waals surface area contributed by atoms with Gasteiger partial charge in [-0.3, -0.25) is 0 Å². The van der Waals surface area contributed by atoms with E-state index in [1.807, 2.05) is 26.0 Å². The summed E-state index contributed by atoms with van der Waals surface area (Å²) in [6.07, 6.45) is 0.671. The van der Waals surface area contributed by atoms with E-state index in [0.717, 1.165) is 11.1 Å². The lowest BCUT2D eigenvalue weighted by atomic mass is 10.1. The van der Waals surface area contributed by atoms with Crippen molar-refractivity contribution in [2.75, 3.05) is 13.1 Å². The number of aryl methyl sites for hydroxylation is 2. The Morgan fingerprint density at radius 3 is 2.39 bits per heavy atom. The van der Waals surface area contributed by atoms with Crippen molar-refractivity contribution >= 4 is 10.0 Å². The summed E-state index contributed by atoms with van der Waals surface area (Å²) >= 11 is 0. The highest BCUT2D eigenvalue weighted by atomic mass is 32.2. The van der Waals surface area contributed by atoms with Crippen LogP contribution in [-0.2, 0) is 10.0 Å². The lowest BCUT2D eigenvalue weighted by molar-refractivity contribution is 0.113. The van der Waals surface area contributed by atoms with E-state index < -0.39 is 10.0 Å². The molecule has 1 saturated heterocycles. The molecule has 0 aromatic heterocycles. The monoisotopic (exact) mass is 269 g/mol. The summed E-state index contributed by atoms with van der Waals surface area (Å²) in [6, 6.07) is 5.37. The van der Waals surface area contributed by atoms with Crippen LogP contribution in [0.3, 0.4) is 0 Å². The van der Waals surface area contributed by atoms with Crippen molar-refractivity contribution in [3.8, 4) is 0 Å². The molecular weight excluding hydrogens is 250 g/mol. The molecule has 100 valence electrons. The highest BCUT2D eigenvalue weighted by Gasteiger charge is 2.29. The van der Waals surface area contributed by atoms with E-state index in [0.29, 0.717) is 30.8 Å². The summed E-state index contributed by atoms with van der Waals surface area (Å²) < 4.78 is 26.4. The molecule has 1 heterocycles. The van der Waals surface area contributed by atoms with Crippen molar-refractivity contribution in [1.29, 1.82) is 0 Å². The second-order valence-electron chi connectivity index (χ2n) is 4.90. The van der Waals surface area contributed by atoms with Gasteiger partial charge in [0, 0.05) is 13.1 Å². The zero-order valence-electron chi connectivity index (χ0n) is 10.8. The SMILES string of the molecule is Cc1ccc(S(=O)(=O)N2CCC(O)CC2)c(C)c1. The van der Waals surface area contributed by atoms with E-state index in [1.165, 1.54) is 4.31 Å². The maximum Gasteiger partial charge on any atom is 0.243 e. The van der Waals surface area contributed by atoms with E-state index in [9.17, 15) is 13.5 Å². The molecule has 4 nitrogen and oxygen atoms in total. The average molecular weight is 269 g/mol. The van der Waals surface area contributed by atoms with Gasteiger partial charge < -0.3 is 5.11 Å². The van der Waals surface area contributed by atoms with Gasteiger partial charge in [-0.05, 0) is 38.3 Å². The van der Waals surface area contributed by atoms with Crippen LogP contribution in [0.25, 0.3) is 0 Å². The molecule has 0 amide bonds. The molecule has 5 heteroatoms. The Morgan fingerprint density at radius 1 is 1.22 bits per heavy atom. The van der Waals surface area contributed by atoms with Crippen LogP contribution >= 0.6 is 0 Å². The summed E-state index contributed by atoms with van der Waals surface area (Å²) in [6.45, 7) is 4.56. The molecule has 1 aliphatic rings. The molecule has 1 aromatic carbocycles. The highest BCUT2D eigenvalue weighted by Crippen LogP contribution is 2.23. The van der Waals surface area contributed by atoms with Crippen LogP contribution in [0.15, 0.2) is 23.1 Å². The average Bonchev–Trinajstić information content (AvgIpc) is 2.29. The first-order valence-electron chi connectivity index (χ1n) is 6.17. The van der Waals surface area contributed by atoms with Gasteiger partial charge >= 0.3 is 0 Å². The van der Waals surface area contributed by atoms with Crippen molar-refractivity contribution < 1.29 is 13.5 Å². The van der Waals surface area contributed by atoms with Crippen LogP contribution < -0.4 is 0 Å². The Labute approximate surface area is 108 Å². The van der Waals surface area contributed by atoms with Gasteiger partial charge in [0.2, 0.25) is 10.0 Å². The fourth-order valence-corrected chi connectivity index (χ4v) is 3.99. The number of piperidine rings is 1. The van der Waals surface area contributed by atoms with E-state index in [-0.39, 0.29) is 6.10 Å². The molecule has 1 aliphatic heterocycles. The Hall–Kier alpha value is -0.910. The largest absolute Gasteiger partial charge is 0.393 e. The van der Waals surface area contributed by atoms with Crippen molar-refractivity contribution in [1.82, 2.24) is 4.31 Å². The Morgan fingerprint density at radius 2 is 1.83 bits per heavy atom. The molecule has 1 fully saturated rings. The van der Waals surface area contributed by atoms with Crippen LogP contribution in [0.1, 0.15) is 24.0 Å². The predicted octanol–water partition coefficient (Wildman–Crippen LogP) is 1.45. The van der Waals surface area contributed by atoms with Crippen molar-refractivity contribution in [2.24, 2.45) is 0 Å². The molecule has 0 aliphatic carbocycles. The third-order valence-corrected chi connectivity index (χ3v) is 5.43. The molecular formula is C13H19NO3S. The third-order valence-electron chi connectivity index (χ3n) is 3.37. The zero-order valence-corrected chi connectivity index (χ0v) is 11.6. The standard InChI is InChI=1S/C13H19NO3S/c1-10-3-4-13(11(2)9-10)18(16,17)14-7-5-12(15)6-8-14/h3-4,9,12,15H,5-8H2,1-2H3. The van der Waals surface area contributed by atoms with Gasteiger partial charge in [0.15, 0.2) is 0 Å². The van der Waals surface area contributed by atoms with Gasteiger partial charge in [0.05, 0.1) is 11.0 Å². The van der Waals surface area contributed by atoms with E-state index in [4.69, 9.17) is 0 Å². The summed E-state index contributed by atoms with van der Waals surface area (Å²) in [4.78, 5) is 0.379. The number of hydrogen-bond acceptors (Lipinski definition) is 3. The second kappa shape index (κ2) is 4.99. The molecule has 2 rings (SSSR count). The van der Waals surface area contributed by atoms with E-state index >= 15 is 0 Å². The van der Waals surface area contributed by atoms with Crippen LogP contribution in [0.4, 0.5) is 0 Å². The molecule has 1 N–H and O–H groups in total. The van der Waals surface area contributed by atoms with Crippen molar-refractivity contribution in [3.63, 3.8) is 0 Å². The number of aliphatic hydroxyl groups excluding tert-OH is 1. The minimum absolute atomic E-state index is 0.365. The second-order valence-corrected chi connectivity index (χ2v) is 6.81. The molecule has 18 heavy (non-hydrogen) atoms. The fourth-order valence-electron chi connectivity index (χ4n) is 2.31. The van der Waals surface area contributed by atoms with Gasteiger partial charge in [-0.15, -0.1) is 0 Å². The predicted molar refractivity (Wildman–Crippen MR) is 69.9 cm³/mol. The highest BCUT2D eigenvalue weighted by molar-refractivity contribution is 7.89. The first kappa shape index (κ1) is 13.5. The summed E-state index contributed by atoms with van der Waals surface area (Å²) in [5.41, 5.74) is 1.83. The number of benzene rings is 1.